The summed E-state index contributed by atoms with van der Waals surface area (Å²) in [7, 11) is 1.85. The molecule has 0 aliphatic heterocycles. The molecule has 102 valence electrons. The molecule has 0 N–H and O–H groups in total. The average Bonchev–Trinajstić information content (AvgIpc) is 2.58. The molecule has 0 unspecified atom stereocenters. The van der Waals surface area contributed by atoms with Crippen LogP contribution in [0, 0.1) is 6.92 Å². The number of carbonyl (C=O) groups is 1. The van der Waals surface area contributed by atoms with E-state index < -0.39 is 5.60 Å². The van der Waals surface area contributed by atoms with Crippen molar-refractivity contribution in [2.75, 3.05) is 0 Å². The van der Waals surface area contributed by atoms with E-state index in [-0.39, 0.29) is 12.4 Å². The molecule has 2 aromatic rings. The third-order valence-electron chi connectivity index (χ3n) is 2.76. The van der Waals surface area contributed by atoms with Crippen molar-refractivity contribution in [1.29, 1.82) is 0 Å². The fourth-order valence-corrected chi connectivity index (χ4v) is 1.92. The minimum atomic E-state index is -0.461. The van der Waals surface area contributed by atoms with Crippen LogP contribution in [0.3, 0.4) is 0 Å². The highest BCUT2D eigenvalue weighted by Gasteiger charge is 2.18. The van der Waals surface area contributed by atoms with E-state index in [1.165, 1.54) is 0 Å². The van der Waals surface area contributed by atoms with Gasteiger partial charge >= 0.3 is 5.97 Å². The number of hydrogen-bond donors (Lipinski definition) is 0. The van der Waals surface area contributed by atoms with Gasteiger partial charge in [0.25, 0.3) is 0 Å². The first-order valence-corrected chi connectivity index (χ1v) is 6.26. The summed E-state index contributed by atoms with van der Waals surface area (Å²) in [6.45, 7) is 7.48. The van der Waals surface area contributed by atoms with Crippen LogP contribution < -0.4 is 0 Å². The molecular weight excluding hydrogens is 242 g/mol. The van der Waals surface area contributed by atoms with Crippen LogP contribution >= 0.6 is 0 Å². The van der Waals surface area contributed by atoms with Crippen LogP contribution in [-0.4, -0.2) is 26.3 Å². The standard InChI is InChI=1S/C14H19N3O2/c1-9-10(7-12(18)19-14(2,3)4)6-11-8-15-17(5)13(11)16-9/h6,8H,7H2,1-5H3. The Morgan fingerprint density at radius 1 is 1.42 bits per heavy atom. The van der Waals surface area contributed by atoms with Crippen LogP contribution in [0.15, 0.2) is 12.3 Å². The summed E-state index contributed by atoms with van der Waals surface area (Å²) in [5, 5.41) is 5.09. The molecule has 0 bridgehead atoms. The van der Waals surface area contributed by atoms with Gasteiger partial charge in [0.1, 0.15) is 5.60 Å². The molecule has 0 radical (unpaired) electrons. The molecular formula is C14H19N3O2. The van der Waals surface area contributed by atoms with Gasteiger partial charge in [-0.2, -0.15) is 5.10 Å². The number of ether oxygens (including phenoxy) is 1. The maximum Gasteiger partial charge on any atom is 0.310 e. The number of fused-ring (bicyclic) bond motifs is 1. The first-order chi connectivity index (χ1) is 8.76. The quantitative estimate of drug-likeness (QED) is 0.777. The van der Waals surface area contributed by atoms with Gasteiger partial charge < -0.3 is 4.74 Å². The minimum absolute atomic E-state index is 0.236. The Labute approximate surface area is 112 Å². The van der Waals surface area contributed by atoms with Gasteiger partial charge in [0, 0.05) is 18.1 Å². The Hall–Kier alpha value is -1.91. The van der Waals surface area contributed by atoms with Crippen molar-refractivity contribution >= 4 is 17.0 Å². The number of pyridine rings is 1. The molecule has 2 heterocycles. The highest BCUT2D eigenvalue weighted by Crippen LogP contribution is 2.17. The Morgan fingerprint density at radius 2 is 2.11 bits per heavy atom. The van der Waals surface area contributed by atoms with Crippen molar-refractivity contribution in [3.8, 4) is 0 Å². The van der Waals surface area contributed by atoms with Gasteiger partial charge in [0.2, 0.25) is 0 Å². The number of nitrogens with zero attached hydrogens (tertiary/aromatic N) is 3. The molecule has 2 rings (SSSR count). The summed E-state index contributed by atoms with van der Waals surface area (Å²) in [5.74, 6) is -0.236. The molecule has 0 fully saturated rings. The summed E-state index contributed by atoms with van der Waals surface area (Å²) in [6, 6.07) is 1.95. The molecule has 2 aromatic heterocycles. The zero-order chi connectivity index (χ0) is 14.2. The Balaban J connectivity index is 2.26. The van der Waals surface area contributed by atoms with E-state index in [4.69, 9.17) is 4.74 Å². The van der Waals surface area contributed by atoms with E-state index in [9.17, 15) is 4.79 Å². The van der Waals surface area contributed by atoms with Crippen molar-refractivity contribution in [2.45, 2.75) is 39.7 Å². The predicted octanol–water partition coefficient (Wildman–Crippen LogP) is 2.16. The van der Waals surface area contributed by atoms with E-state index >= 15 is 0 Å². The van der Waals surface area contributed by atoms with Gasteiger partial charge in [-0.15, -0.1) is 0 Å². The van der Waals surface area contributed by atoms with Crippen LogP contribution in [0.1, 0.15) is 32.0 Å². The van der Waals surface area contributed by atoms with Crippen molar-refractivity contribution in [3.05, 3.63) is 23.5 Å². The second kappa shape index (κ2) is 4.64. The highest BCUT2D eigenvalue weighted by molar-refractivity contribution is 5.79. The van der Waals surface area contributed by atoms with Crippen molar-refractivity contribution < 1.29 is 9.53 Å². The molecule has 0 aliphatic carbocycles. The Bertz CT molecular complexity index is 623. The third kappa shape index (κ3) is 3.10. The zero-order valence-electron chi connectivity index (χ0n) is 12.0. The van der Waals surface area contributed by atoms with Crippen LogP contribution in [0.25, 0.3) is 11.0 Å². The van der Waals surface area contributed by atoms with Gasteiger partial charge in [-0.1, -0.05) is 0 Å². The van der Waals surface area contributed by atoms with Crippen molar-refractivity contribution in [1.82, 2.24) is 14.8 Å². The summed E-state index contributed by atoms with van der Waals surface area (Å²) in [5.41, 5.74) is 2.08. The topological polar surface area (TPSA) is 57.0 Å². The number of aryl methyl sites for hydroxylation is 2. The molecule has 0 atom stereocenters. The number of carbonyl (C=O) groups excluding carboxylic acids is 1. The van der Waals surface area contributed by atoms with Crippen molar-refractivity contribution in [3.63, 3.8) is 0 Å². The average molecular weight is 261 g/mol. The number of rotatable bonds is 2. The molecule has 5 heteroatoms. The summed E-state index contributed by atoms with van der Waals surface area (Å²) < 4.78 is 7.05. The van der Waals surface area contributed by atoms with E-state index in [1.807, 2.05) is 40.8 Å². The number of hydrogen-bond acceptors (Lipinski definition) is 4. The number of aromatic nitrogens is 3. The second-order valence-electron chi connectivity index (χ2n) is 5.68. The molecule has 19 heavy (non-hydrogen) atoms. The lowest BCUT2D eigenvalue weighted by Gasteiger charge is -2.19. The first-order valence-electron chi connectivity index (χ1n) is 6.26. The smallest absolute Gasteiger partial charge is 0.310 e. The minimum Gasteiger partial charge on any atom is -0.460 e. The fourth-order valence-electron chi connectivity index (χ4n) is 1.92. The molecule has 0 saturated heterocycles. The molecule has 0 saturated carbocycles. The van der Waals surface area contributed by atoms with Gasteiger partial charge in [0.15, 0.2) is 5.65 Å². The second-order valence-corrected chi connectivity index (χ2v) is 5.68. The lowest BCUT2D eigenvalue weighted by molar-refractivity contribution is -0.153. The van der Waals surface area contributed by atoms with E-state index in [2.05, 4.69) is 10.1 Å². The SMILES string of the molecule is Cc1nc2c(cnn2C)cc1CC(=O)OC(C)(C)C. The molecule has 5 nitrogen and oxygen atoms in total. The van der Waals surface area contributed by atoms with Crippen LogP contribution in [-0.2, 0) is 23.0 Å². The van der Waals surface area contributed by atoms with Gasteiger partial charge in [-0.3, -0.25) is 9.48 Å². The van der Waals surface area contributed by atoms with Gasteiger partial charge in [-0.05, 0) is 39.3 Å². The zero-order valence-corrected chi connectivity index (χ0v) is 12.0. The summed E-state index contributed by atoms with van der Waals surface area (Å²) >= 11 is 0. The van der Waals surface area contributed by atoms with E-state index in [0.717, 1.165) is 22.3 Å². The van der Waals surface area contributed by atoms with E-state index in [1.54, 1.807) is 10.9 Å². The summed E-state index contributed by atoms with van der Waals surface area (Å²) in [4.78, 5) is 16.3. The lowest BCUT2D eigenvalue weighted by atomic mass is 10.1. The monoisotopic (exact) mass is 261 g/mol. The maximum absolute atomic E-state index is 11.9. The normalized spacial score (nSPS) is 11.8. The predicted molar refractivity (Wildman–Crippen MR) is 72.8 cm³/mol. The van der Waals surface area contributed by atoms with E-state index in [0.29, 0.717) is 0 Å². The van der Waals surface area contributed by atoms with Crippen LogP contribution in [0.4, 0.5) is 0 Å². The Morgan fingerprint density at radius 3 is 2.74 bits per heavy atom. The first kappa shape index (κ1) is 13.5. The van der Waals surface area contributed by atoms with Crippen LogP contribution in [0.2, 0.25) is 0 Å². The molecule has 0 spiro atoms. The third-order valence-corrected chi connectivity index (χ3v) is 2.76. The lowest BCUT2D eigenvalue weighted by Crippen LogP contribution is -2.25. The summed E-state index contributed by atoms with van der Waals surface area (Å²) in [6.07, 6.45) is 1.99. The van der Waals surface area contributed by atoms with Gasteiger partial charge in [0.05, 0.1) is 12.6 Å². The molecule has 0 aromatic carbocycles. The largest absolute Gasteiger partial charge is 0.460 e. The van der Waals surface area contributed by atoms with Crippen LogP contribution in [0.5, 0.6) is 0 Å². The number of esters is 1. The van der Waals surface area contributed by atoms with Gasteiger partial charge in [-0.25, -0.2) is 4.98 Å². The highest BCUT2D eigenvalue weighted by atomic mass is 16.6. The maximum atomic E-state index is 11.9. The fraction of sp³-hybridized carbons (Fsp3) is 0.500. The molecule has 0 aliphatic rings. The van der Waals surface area contributed by atoms with Crippen molar-refractivity contribution in [2.24, 2.45) is 7.05 Å². The Kier molecular flexibility index (Phi) is 3.30. The molecule has 0 amide bonds.